The fourth-order valence-electron chi connectivity index (χ4n) is 2.66. The molecule has 0 heterocycles. The van der Waals surface area contributed by atoms with Crippen molar-refractivity contribution in [3.8, 4) is 0 Å². The minimum atomic E-state index is -0.818. The zero-order valence-electron chi connectivity index (χ0n) is 11.5. The van der Waals surface area contributed by atoms with Crippen LogP contribution < -0.4 is 5.32 Å². The highest BCUT2D eigenvalue weighted by Gasteiger charge is 2.34. The first-order chi connectivity index (χ1) is 9.97. The van der Waals surface area contributed by atoms with Crippen LogP contribution in [0.15, 0.2) is 18.2 Å². The topological polar surface area (TPSA) is 92.5 Å². The molecule has 1 aromatic rings. The van der Waals surface area contributed by atoms with Crippen molar-refractivity contribution in [2.24, 2.45) is 0 Å². The molecule has 1 aliphatic carbocycles. The van der Waals surface area contributed by atoms with E-state index in [-0.39, 0.29) is 17.9 Å². The van der Waals surface area contributed by atoms with Crippen LogP contribution in [0.1, 0.15) is 42.5 Å². The van der Waals surface area contributed by atoms with E-state index in [4.69, 9.17) is 0 Å². The summed E-state index contributed by atoms with van der Waals surface area (Å²) in [5.41, 5.74) is -1.47. The number of halogens is 1. The highest BCUT2D eigenvalue weighted by Crippen LogP contribution is 2.28. The molecule has 7 heteroatoms. The van der Waals surface area contributed by atoms with Crippen molar-refractivity contribution in [1.82, 2.24) is 5.32 Å². The number of non-ortho nitro benzene ring substituents is 1. The van der Waals surface area contributed by atoms with Crippen LogP contribution >= 0.6 is 0 Å². The third kappa shape index (κ3) is 3.36. The molecular weight excluding hydrogens is 279 g/mol. The van der Waals surface area contributed by atoms with Crippen molar-refractivity contribution in [2.75, 3.05) is 6.61 Å². The van der Waals surface area contributed by atoms with Gasteiger partial charge in [-0.1, -0.05) is 19.3 Å². The lowest BCUT2D eigenvalue weighted by molar-refractivity contribution is -0.384. The molecular formula is C14H17FN2O4. The Kier molecular flexibility index (Phi) is 4.52. The molecule has 0 atom stereocenters. The number of hydrogen-bond acceptors (Lipinski definition) is 4. The van der Waals surface area contributed by atoms with Crippen molar-refractivity contribution in [3.05, 3.63) is 39.7 Å². The average molecular weight is 296 g/mol. The van der Waals surface area contributed by atoms with Gasteiger partial charge in [0, 0.05) is 12.1 Å². The van der Waals surface area contributed by atoms with Gasteiger partial charge in [0.05, 0.1) is 22.6 Å². The minimum Gasteiger partial charge on any atom is -0.394 e. The Balaban J connectivity index is 2.23. The number of nitro benzene ring substituents is 1. The first-order valence-electron chi connectivity index (χ1n) is 6.85. The Morgan fingerprint density at radius 3 is 2.62 bits per heavy atom. The Morgan fingerprint density at radius 2 is 2.05 bits per heavy atom. The summed E-state index contributed by atoms with van der Waals surface area (Å²) >= 11 is 0. The van der Waals surface area contributed by atoms with E-state index in [9.17, 15) is 24.4 Å². The van der Waals surface area contributed by atoms with Crippen LogP contribution in [0, 0.1) is 15.9 Å². The molecule has 1 amide bonds. The molecule has 1 aliphatic rings. The Bertz CT molecular complexity index is 556. The van der Waals surface area contributed by atoms with Crippen LogP contribution in [0.25, 0.3) is 0 Å². The molecule has 2 rings (SSSR count). The van der Waals surface area contributed by atoms with Gasteiger partial charge in [-0.05, 0) is 18.9 Å². The standard InChI is InChI=1S/C14H17FN2O4/c15-12-5-4-10(17(20)21)8-11(12)13(19)16-14(9-18)6-2-1-3-7-14/h4-5,8,18H,1-3,6-7,9H2,(H,16,19). The van der Waals surface area contributed by atoms with Crippen LogP contribution in [0.4, 0.5) is 10.1 Å². The molecule has 6 nitrogen and oxygen atoms in total. The highest BCUT2D eigenvalue weighted by atomic mass is 19.1. The number of aliphatic hydroxyl groups is 1. The van der Waals surface area contributed by atoms with Crippen LogP contribution in [-0.4, -0.2) is 28.1 Å². The van der Waals surface area contributed by atoms with E-state index in [0.717, 1.165) is 37.5 Å². The summed E-state index contributed by atoms with van der Waals surface area (Å²) in [6.45, 7) is -0.227. The number of nitrogens with zero attached hydrogens (tertiary/aromatic N) is 1. The fraction of sp³-hybridized carbons (Fsp3) is 0.500. The molecule has 0 bridgehead atoms. The maximum atomic E-state index is 13.7. The van der Waals surface area contributed by atoms with Crippen LogP contribution in [0.5, 0.6) is 0 Å². The lowest BCUT2D eigenvalue weighted by atomic mass is 9.82. The monoisotopic (exact) mass is 296 g/mol. The summed E-state index contributed by atoms with van der Waals surface area (Å²) < 4.78 is 13.7. The maximum Gasteiger partial charge on any atom is 0.270 e. The van der Waals surface area contributed by atoms with Crippen LogP contribution in [-0.2, 0) is 0 Å². The normalized spacial score (nSPS) is 17.2. The SMILES string of the molecule is O=C(NC1(CO)CCCCC1)c1cc([N+](=O)[O-])ccc1F. The summed E-state index contributed by atoms with van der Waals surface area (Å²) in [7, 11) is 0. The average Bonchev–Trinajstić information content (AvgIpc) is 2.48. The van der Waals surface area contributed by atoms with Gasteiger partial charge < -0.3 is 10.4 Å². The van der Waals surface area contributed by atoms with E-state index in [1.165, 1.54) is 0 Å². The first kappa shape index (κ1) is 15.4. The predicted octanol–water partition coefficient (Wildman–Crippen LogP) is 2.16. The number of nitro groups is 1. The van der Waals surface area contributed by atoms with Gasteiger partial charge in [0.1, 0.15) is 5.82 Å². The summed E-state index contributed by atoms with van der Waals surface area (Å²) in [6.07, 6.45) is 4.01. The van der Waals surface area contributed by atoms with Gasteiger partial charge in [0.2, 0.25) is 0 Å². The van der Waals surface area contributed by atoms with Gasteiger partial charge in [0.25, 0.3) is 11.6 Å². The van der Waals surface area contributed by atoms with Gasteiger partial charge >= 0.3 is 0 Å². The van der Waals surface area contributed by atoms with Gasteiger partial charge in [0.15, 0.2) is 0 Å². The minimum absolute atomic E-state index is 0.227. The second-order valence-corrected chi connectivity index (χ2v) is 5.37. The zero-order valence-corrected chi connectivity index (χ0v) is 11.5. The lowest BCUT2D eigenvalue weighted by Crippen LogP contribution is -2.52. The Hall–Kier alpha value is -2.02. The summed E-state index contributed by atoms with van der Waals surface area (Å²) in [4.78, 5) is 22.2. The van der Waals surface area contributed by atoms with E-state index < -0.39 is 22.2 Å². The number of carbonyl (C=O) groups excluding carboxylic acids is 1. The molecule has 1 fully saturated rings. The molecule has 0 spiro atoms. The van der Waals surface area contributed by atoms with Gasteiger partial charge in [-0.2, -0.15) is 0 Å². The molecule has 114 valence electrons. The summed E-state index contributed by atoms with van der Waals surface area (Å²) in [5, 5.41) is 22.9. The largest absolute Gasteiger partial charge is 0.394 e. The van der Waals surface area contributed by atoms with E-state index in [1.54, 1.807) is 0 Å². The van der Waals surface area contributed by atoms with Crippen LogP contribution in [0.2, 0.25) is 0 Å². The Labute approximate surface area is 121 Å². The predicted molar refractivity (Wildman–Crippen MR) is 73.4 cm³/mol. The molecule has 0 aliphatic heterocycles. The molecule has 0 saturated heterocycles. The Morgan fingerprint density at radius 1 is 1.38 bits per heavy atom. The first-order valence-corrected chi connectivity index (χ1v) is 6.85. The van der Waals surface area contributed by atoms with Crippen molar-refractivity contribution < 1.29 is 19.2 Å². The third-order valence-electron chi connectivity index (χ3n) is 3.90. The van der Waals surface area contributed by atoms with E-state index in [1.807, 2.05) is 0 Å². The molecule has 1 aromatic carbocycles. The number of rotatable bonds is 4. The zero-order chi connectivity index (χ0) is 15.5. The maximum absolute atomic E-state index is 13.7. The summed E-state index contributed by atoms with van der Waals surface area (Å²) in [6, 6.07) is 2.83. The summed E-state index contributed by atoms with van der Waals surface area (Å²) in [5.74, 6) is -1.55. The molecule has 2 N–H and O–H groups in total. The molecule has 1 saturated carbocycles. The second-order valence-electron chi connectivity index (χ2n) is 5.37. The number of carbonyl (C=O) groups is 1. The van der Waals surface area contributed by atoms with Crippen molar-refractivity contribution in [1.29, 1.82) is 0 Å². The third-order valence-corrected chi connectivity index (χ3v) is 3.90. The van der Waals surface area contributed by atoms with Crippen molar-refractivity contribution >= 4 is 11.6 Å². The van der Waals surface area contributed by atoms with E-state index in [0.29, 0.717) is 12.8 Å². The molecule has 0 aromatic heterocycles. The number of benzene rings is 1. The lowest BCUT2D eigenvalue weighted by Gasteiger charge is -2.36. The van der Waals surface area contributed by atoms with Crippen molar-refractivity contribution in [3.63, 3.8) is 0 Å². The van der Waals surface area contributed by atoms with E-state index >= 15 is 0 Å². The number of hydrogen-bond donors (Lipinski definition) is 2. The number of aliphatic hydroxyl groups excluding tert-OH is 1. The highest BCUT2D eigenvalue weighted by molar-refractivity contribution is 5.95. The van der Waals surface area contributed by atoms with Crippen molar-refractivity contribution in [2.45, 2.75) is 37.6 Å². The quantitative estimate of drug-likeness (QED) is 0.657. The molecule has 0 unspecified atom stereocenters. The molecule has 21 heavy (non-hydrogen) atoms. The number of nitrogens with one attached hydrogen (secondary N) is 1. The van der Waals surface area contributed by atoms with Gasteiger partial charge in [-0.3, -0.25) is 14.9 Å². The smallest absolute Gasteiger partial charge is 0.270 e. The van der Waals surface area contributed by atoms with Gasteiger partial charge in [-0.25, -0.2) is 4.39 Å². The van der Waals surface area contributed by atoms with Crippen LogP contribution in [0.3, 0.4) is 0 Å². The number of amides is 1. The van der Waals surface area contributed by atoms with E-state index in [2.05, 4.69) is 5.32 Å². The molecule has 0 radical (unpaired) electrons. The van der Waals surface area contributed by atoms with Gasteiger partial charge in [-0.15, -0.1) is 0 Å². The fourth-order valence-corrected chi connectivity index (χ4v) is 2.66. The second kappa shape index (κ2) is 6.17.